The number of phenols is 1. The first-order valence-corrected chi connectivity index (χ1v) is 7.80. The van der Waals surface area contributed by atoms with Crippen LogP contribution in [0.5, 0.6) is 17.2 Å². The van der Waals surface area contributed by atoms with Crippen LogP contribution in [0, 0.1) is 0 Å². The number of ether oxygens (including phenoxy) is 2. The van der Waals surface area contributed by atoms with Crippen molar-refractivity contribution in [1.29, 1.82) is 0 Å². The molecule has 0 radical (unpaired) electrons. The number of halogens is 3. The number of carbonyl (C=O) groups excluding carboxylic acids is 1. The van der Waals surface area contributed by atoms with Gasteiger partial charge in [0.15, 0.2) is 17.6 Å². The Morgan fingerprint density at radius 2 is 1.92 bits per heavy atom. The molecule has 0 spiro atoms. The Bertz CT molecular complexity index is 822. The monoisotopic (exact) mass is 367 g/mol. The quantitative estimate of drug-likeness (QED) is 0.904. The predicted octanol–water partition coefficient (Wildman–Crippen LogP) is 3.32. The number of hydrogen-bond acceptors (Lipinski definition) is 4. The number of para-hydroxylation sites is 2. The Labute approximate surface area is 147 Å². The smallest absolute Gasteiger partial charge is 0.417 e. The molecule has 1 atom stereocenters. The van der Waals surface area contributed by atoms with Gasteiger partial charge in [-0.15, -0.1) is 0 Å². The molecule has 0 aromatic heterocycles. The fourth-order valence-electron chi connectivity index (χ4n) is 2.70. The fourth-order valence-corrected chi connectivity index (χ4v) is 2.70. The zero-order chi connectivity index (χ0) is 18.9. The maximum Gasteiger partial charge on any atom is 0.417 e. The fraction of sp³-hybridized carbons (Fsp3) is 0.278. The summed E-state index contributed by atoms with van der Waals surface area (Å²) in [4.78, 5) is 13.6. The van der Waals surface area contributed by atoms with Gasteiger partial charge in [-0.1, -0.05) is 12.1 Å². The number of fused-ring (bicyclic) bond motifs is 1. The summed E-state index contributed by atoms with van der Waals surface area (Å²) in [7, 11) is 1.37. The van der Waals surface area contributed by atoms with Gasteiger partial charge < -0.3 is 19.5 Å². The summed E-state index contributed by atoms with van der Waals surface area (Å²) in [6, 6.07) is 9.40. The van der Waals surface area contributed by atoms with Gasteiger partial charge in [0.05, 0.1) is 17.7 Å². The van der Waals surface area contributed by atoms with Crippen LogP contribution in [-0.4, -0.2) is 42.2 Å². The minimum Gasteiger partial charge on any atom is -0.508 e. The molecule has 5 nitrogen and oxygen atoms in total. The van der Waals surface area contributed by atoms with E-state index in [0.29, 0.717) is 17.6 Å². The summed E-state index contributed by atoms with van der Waals surface area (Å²) in [5, 5.41) is 9.48. The van der Waals surface area contributed by atoms with Gasteiger partial charge in [0.2, 0.25) is 0 Å². The SMILES string of the molecule is CN(CC1COc2ccccc2O1)C(=O)c1cc(O)ccc1C(F)(F)F. The molecule has 1 unspecified atom stereocenters. The Morgan fingerprint density at radius 3 is 2.62 bits per heavy atom. The summed E-state index contributed by atoms with van der Waals surface area (Å²) in [5.41, 5.74) is -1.71. The van der Waals surface area contributed by atoms with Gasteiger partial charge in [-0.05, 0) is 30.3 Å². The maximum absolute atomic E-state index is 13.1. The topological polar surface area (TPSA) is 59.0 Å². The molecule has 0 aliphatic carbocycles. The number of aromatic hydroxyl groups is 1. The second-order valence-corrected chi connectivity index (χ2v) is 5.91. The number of benzene rings is 2. The lowest BCUT2D eigenvalue weighted by molar-refractivity contribution is -0.138. The minimum atomic E-state index is -4.71. The molecule has 3 rings (SSSR count). The van der Waals surface area contributed by atoms with Crippen LogP contribution in [0.3, 0.4) is 0 Å². The number of likely N-dealkylation sites (N-methyl/N-ethyl adjacent to an activating group) is 1. The number of alkyl halides is 3. The molecule has 0 saturated heterocycles. The normalized spacial score (nSPS) is 16.2. The second kappa shape index (κ2) is 6.78. The van der Waals surface area contributed by atoms with Crippen molar-refractivity contribution in [1.82, 2.24) is 4.90 Å². The standard InChI is InChI=1S/C18H16F3NO4/c1-22(9-12-10-25-15-4-2-3-5-16(15)26-12)17(24)13-8-11(23)6-7-14(13)18(19,20)21/h2-8,12,23H,9-10H2,1H3. The molecular weight excluding hydrogens is 351 g/mol. The number of hydrogen-bond donors (Lipinski definition) is 1. The van der Waals surface area contributed by atoms with Crippen LogP contribution in [0.4, 0.5) is 13.2 Å². The molecule has 1 heterocycles. The van der Waals surface area contributed by atoms with E-state index in [4.69, 9.17) is 9.47 Å². The van der Waals surface area contributed by atoms with Gasteiger partial charge >= 0.3 is 6.18 Å². The van der Waals surface area contributed by atoms with Crippen molar-refractivity contribution in [3.8, 4) is 17.2 Å². The van der Waals surface area contributed by atoms with E-state index in [2.05, 4.69) is 0 Å². The Balaban J connectivity index is 1.76. The van der Waals surface area contributed by atoms with E-state index in [1.807, 2.05) is 0 Å². The Kier molecular flexibility index (Phi) is 4.67. The van der Waals surface area contributed by atoms with Gasteiger partial charge in [0.1, 0.15) is 12.4 Å². The molecule has 1 aliphatic heterocycles. The van der Waals surface area contributed by atoms with Crippen molar-refractivity contribution in [2.24, 2.45) is 0 Å². The third kappa shape index (κ3) is 3.68. The van der Waals surface area contributed by atoms with E-state index < -0.39 is 35.1 Å². The van der Waals surface area contributed by atoms with Crippen LogP contribution in [0.25, 0.3) is 0 Å². The summed E-state index contributed by atoms with van der Waals surface area (Å²) >= 11 is 0. The van der Waals surface area contributed by atoms with Crippen LogP contribution < -0.4 is 9.47 Å². The van der Waals surface area contributed by atoms with Crippen molar-refractivity contribution in [2.45, 2.75) is 12.3 Å². The molecule has 8 heteroatoms. The van der Waals surface area contributed by atoms with E-state index in [-0.39, 0.29) is 13.2 Å². The van der Waals surface area contributed by atoms with Gasteiger partial charge in [0.25, 0.3) is 5.91 Å². The number of nitrogens with zero attached hydrogens (tertiary/aromatic N) is 1. The van der Waals surface area contributed by atoms with E-state index >= 15 is 0 Å². The highest BCUT2D eigenvalue weighted by Gasteiger charge is 2.36. The van der Waals surface area contributed by atoms with Crippen LogP contribution in [0.15, 0.2) is 42.5 Å². The number of carbonyl (C=O) groups is 1. The van der Waals surface area contributed by atoms with Crippen LogP contribution in [0.1, 0.15) is 15.9 Å². The van der Waals surface area contributed by atoms with Crippen molar-refractivity contribution in [2.75, 3.05) is 20.2 Å². The predicted molar refractivity (Wildman–Crippen MR) is 86.4 cm³/mol. The average molecular weight is 367 g/mol. The third-order valence-electron chi connectivity index (χ3n) is 3.93. The lowest BCUT2D eigenvalue weighted by Gasteiger charge is -2.30. The van der Waals surface area contributed by atoms with E-state index in [9.17, 15) is 23.1 Å². The molecule has 1 amide bonds. The Hall–Kier alpha value is -2.90. The first kappa shape index (κ1) is 17.9. The zero-order valence-corrected chi connectivity index (χ0v) is 13.8. The second-order valence-electron chi connectivity index (χ2n) is 5.91. The third-order valence-corrected chi connectivity index (χ3v) is 3.93. The van der Waals surface area contributed by atoms with Gasteiger partial charge in [-0.2, -0.15) is 13.2 Å². The molecule has 26 heavy (non-hydrogen) atoms. The summed E-state index contributed by atoms with van der Waals surface area (Å²) in [6.07, 6.45) is -5.23. The molecule has 1 aliphatic rings. The summed E-state index contributed by atoms with van der Waals surface area (Å²) in [5.74, 6) is -0.195. The lowest BCUT2D eigenvalue weighted by Crippen LogP contribution is -2.42. The van der Waals surface area contributed by atoms with Crippen molar-refractivity contribution in [3.63, 3.8) is 0 Å². The lowest BCUT2D eigenvalue weighted by atomic mass is 10.1. The molecule has 1 N–H and O–H groups in total. The minimum absolute atomic E-state index is 0.0279. The van der Waals surface area contributed by atoms with Gasteiger partial charge in [-0.3, -0.25) is 4.79 Å². The summed E-state index contributed by atoms with van der Waals surface area (Å²) < 4.78 is 50.6. The molecular formula is C18H16F3NO4. The van der Waals surface area contributed by atoms with E-state index in [1.165, 1.54) is 7.05 Å². The van der Waals surface area contributed by atoms with Crippen LogP contribution in [-0.2, 0) is 6.18 Å². The van der Waals surface area contributed by atoms with Crippen molar-refractivity contribution >= 4 is 5.91 Å². The molecule has 0 fully saturated rings. The first-order valence-electron chi connectivity index (χ1n) is 7.80. The van der Waals surface area contributed by atoms with Gasteiger partial charge in [0, 0.05) is 7.05 Å². The largest absolute Gasteiger partial charge is 0.508 e. The zero-order valence-electron chi connectivity index (χ0n) is 13.8. The highest BCUT2D eigenvalue weighted by atomic mass is 19.4. The highest BCUT2D eigenvalue weighted by Crippen LogP contribution is 2.34. The number of amides is 1. The summed E-state index contributed by atoms with van der Waals surface area (Å²) in [6.45, 7) is 0.195. The molecule has 138 valence electrons. The molecule has 0 saturated carbocycles. The molecule has 0 bridgehead atoms. The van der Waals surface area contributed by atoms with Gasteiger partial charge in [-0.25, -0.2) is 0 Å². The van der Waals surface area contributed by atoms with Crippen molar-refractivity contribution in [3.05, 3.63) is 53.6 Å². The number of rotatable bonds is 3. The first-order chi connectivity index (χ1) is 12.3. The highest BCUT2D eigenvalue weighted by molar-refractivity contribution is 5.96. The van der Waals surface area contributed by atoms with E-state index in [1.54, 1.807) is 24.3 Å². The number of phenolic OH excluding ortho intramolecular Hbond substituents is 1. The van der Waals surface area contributed by atoms with Crippen LogP contribution >= 0.6 is 0 Å². The maximum atomic E-state index is 13.1. The van der Waals surface area contributed by atoms with E-state index in [0.717, 1.165) is 17.0 Å². The Morgan fingerprint density at radius 1 is 1.23 bits per heavy atom. The average Bonchev–Trinajstić information content (AvgIpc) is 2.59. The molecule has 2 aromatic carbocycles. The van der Waals surface area contributed by atoms with Crippen LogP contribution in [0.2, 0.25) is 0 Å². The van der Waals surface area contributed by atoms with Crippen molar-refractivity contribution < 1.29 is 32.5 Å². The molecule has 2 aromatic rings.